The summed E-state index contributed by atoms with van der Waals surface area (Å²) in [5.74, 6) is 0. The highest BCUT2D eigenvalue weighted by Gasteiger charge is 2.38. The fraction of sp³-hybridized carbons (Fsp3) is 0.308. The van der Waals surface area contributed by atoms with E-state index in [9.17, 15) is 4.79 Å². The first-order valence-electron chi connectivity index (χ1n) is 11.3. The molecule has 6 nitrogen and oxygen atoms in total. The van der Waals surface area contributed by atoms with Crippen LogP contribution in [0.4, 0.5) is 4.79 Å². The number of hydrogen-bond donors (Lipinski definition) is 1. The maximum absolute atomic E-state index is 12.7. The monoisotopic (exact) mass is 426 g/mol. The highest BCUT2D eigenvalue weighted by molar-refractivity contribution is 5.83. The smallest absolute Gasteiger partial charge is 0.410 e. The SMILES string of the molecule is O=C1OC(c2ccnc3ccccc23)CN1C1CCN(Cc2cc3ccccc3[nH]2)CC1. The normalized spacial score (nSPS) is 20.3. The molecule has 2 saturated heterocycles. The van der Waals surface area contributed by atoms with Gasteiger partial charge in [0.05, 0.1) is 12.1 Å². The minimum atomic E-state index is -0.236. The number of aromatic amines is 1. The van der Waals surface area contributed by atoms with Crippen molar-refractivity contribution in [1.29, 1.82) is 0 Å². The molecule has 1 amide bonds. The Balaban J connectivity index is 1.11. The number of carbonyl (C=O) groups excluding carboxylic acids is 1. The van der Waals surface area contributed by atoms with Crippen LogP contribution in [-0.4, -0.2) is 51.5 Å². The number of nitrogens with zero attached hydrogens (tertiary/aromatic N) is 3. The van der Waals surface area contributed by atoms with E-state index in [0.717, 1.165) is 48.9 Å². The Morgan fingerprint density at radius 1 is 1.03 bits per heavy atom. The predicted octanol–water partition coefficient (Wildman–Crippen LogP) is 4.87. The van der Waals surface area contributed by atoms with Crippen molar-refractivity contribution in [2.45, 2.75) is 31.5 Å². The molecule has 1 atom stereocenters. The van der Waals surface area contributed by atoms with E-state index in [1.54, 1.807) is 6.20 Å². The van der Waals surface area contributed by atoms with Gasteiger partial charge in [-0.15, -0.1) is 0 Å². The van der Waals surface area contributed by atoms with Gasteiger partial charge in [0.2, 0.25) is 0 Å². The number of ether oxygens (including phenoxy) is 1. The van der Waals surface area contributed by atoms with E-state index in [1.807, 2.05) is 29.2 Å². The van der Waals surface area contributed by atoms with Crippen molar-refractivity contribution >= 4 is 27.9 Å². The maximum Gasteiger partial charge on any atom is 0.410 e. The van der Waals surface area contributed by atoms with Crippen LogP contribution in [0.5, 0.6) is 0 Å². The molecule has 6 rings (SSSR count). The average Bonchev–Trinajstić information content (AvgIpc) is 3.42. The first-order chi connectivity index (χ1) is 15.7. The molecule has 162 valence electrons. The van der Waals surface area contributed by atoms with Crippen LogP contribution in [0, 0.1) is 0 Å². The highest BCUT2D eigenvalue weighted by Crippen LogP contribution is 2.33. The van der Waals surface area contributed by atoms with E-state index in [-0.39, 0.29) is 18.2 Å². The lowest BCUT2D eigenvalue weighted by Gasteiger charge is -2.35. The third kappa shape index (κ3) is 3.50. The third-order valence-electron chi connectivity index (χ3n) is 6.85. The molecule has 0 radical (unpaired) electrons. The molecule has 2 fully saturated rings. The van der Waals surface area contributed by atoms with Crippen LogP contribution in [0.2, 0.25) is 0 Å². The van der Waals surface area contributed by atoms with Gasteiger partial charge in [-0.05, 0) is 42.5 Å². The van der Waals surface area contributed by atoms with Crippen molar-refractivity contribution in [2.24, 2.45) is 0 Å². The van der Waals surface area contributed by atoms with Crippen molar-refractivity contribution in [2.75, 3.05) is 19.6 Å². The van der Waals surface area contributed by atoms with Crippen LogP contribution >= 0.6 is 0 Å². The van der Waals surface area contributed by atoms with Gasteiger partial charge < -0.3 is 14.6 Å². The molecule has 0 aliphatic carbocycles. The van der Waals surface area contributed by atoms with Crippen molar-refractivity contribution in [1.82, 2.24) is 19.8 Å². The Hall–Kier alpha value is -3.38. The van der Waals surface area contributed by atoms with E-state index in [4.69, 9.17) is 4.74 Å². The average molecular weight is 427 g/mol. The summed E-state index contributed by atoms with van der Waals surface area (Å²) in [6.07, 6.45) is 3.32. The number of para-hydroxylation sites is 2. The second kappa shape index (κ2) is 7.95. The lowest BCUT2D eigenvalue weighted by molar-refractivity contribution is 0.110. The van der Waals surface area contributed by atoms with Gasteiger partial charge in [0.15, 0.2) is 0 Å². The Morgan fingerprint density at radius 3 is 2.72 bits per heavy atom. The molecule has 0 saturated carbocycles. The molecule has 2 aliphatic rings. The molecule has 0 bridgehead atoms. The van der Waals surface area contributed by atoms with Crippen LogP contribution in [0.15, 0.2) is 66.9 Å². The second-order valence-electron chi connectivity index (χ2n) is 8.83. The molecular formula is C26H26N4O2. The number of benzene rings is 2. The molecule has 32 heavy (non-hydrogen) atoms. The van der Waals surface area contributed by atoms with Gasteiger partial charge in [0, 0.05) is 54.0 Å². The fourth-order valence-corrected chi connectivity index (χ4v) is 5.19. The minimum Gasteiger partial charge on any atom is -0.439 e. The minimum absolute atomic E-state index is 0.190. The van der Waals surface area contributed by atoms with Crippen LogP contribution < -0.4 is 0 Å². The van der Waals surface area contributed by atoms with Crippen molar-refractivity contribution in [3.05, 3.63) is 78.1 Å². The third-order valence-corrected chi connectivity index (χ3v) is 6.85. The van der Waals surface area contributed by atoms with Gasteiger partial charge in [0.25, 0.3) is 0 Å². The number of cyclic esters (lactones) is 1. The molecule has 2 aromatic carbocycles. The van der Waals surface area contributed by atoms with Gasteiger partial charge in [-0.25, -0.2) is 4.79 Å². The molecule has 1 unspecified atom stereocenters. The summed E-state index contributed by atoms with van der Waals surface area (Å²) in [4.78, 5) is 25.1. The predicted molar refractivity (Wildman–Crippen MR) is 124 cm³/mol. The molecule has 1 N–H and O–H groups in total. The standard InChI is InChI=1S/C26H26N4O2/c31-26-30(17-25(32-26)22-9-12-27-24-8-4-2-6-21(22)24)20-10-13-29(14-11-20)16-19-15-18-5-1-3-7-23(18)28-19/h1-9,12,15,20,25,28H,10-11,13-14,16-17H2. The first-order valence-corrected chi connectivity index (χ1v) is 11.3. The zero-order valence-electron chi connectivity index (χ0n) is 17.9. The molecule has 6 heteroatoms. The number of aromatic nitrogens is 2. The fourth-order valence-electron chi connectivity index (χ4n) is 5.19. The van der Waals surface area contributed by atoms with E-state index in [2.05, 4.69) is 51.3 Å². The number of nitrogens with one attached hydrogen (secondary N) is 1. The van der Waals surface area contributed by atoms with Crippen molar-refractivity contribution in [3.63, 3.8) is 0 Å². The van der Waals surface area contributed by atoms with E-state index in [1.165, 1.54) is 16.6 Å². The van der Waals surface area contributed by atoms with Crippen LogP contribution in [0.25, 0.3) is 21.8 Å². The summed E-state index contributed by atoms with van der Waals surface area (Å²) in [6.45, 7) is 3.48. The number of fused-ring (bicyclic) bond motifs is 2. The van der Waals surface area contributed by atoms with Gasteiger partial charge >= 0.3 is 6.09 Å². The number of carbonyl (C=O) groups is 1. The number of hydrogen-bond acceptors (Lipinski definition) is 4. The Bertz CT molecular complexity index is 1240. The lowest BCUT2D eigenvalue weighted by Crippen LogP contribution is -2.45. The molecule has 2 aliphatic heterocycles. The van der Waals surface area contributed by atoms with Gasteiger partial charge in [0.1, 0.15) is 6.10 Å². The molecule has 4 heterocycles. The maximum atomic E-state index is 12.7. The topological polar surface area (TPSA) is 61.5 Å². The van der Waals surface area contributed by atoms with Gasteiger partial charge in [-0.3, -0.25) is 9.88 Å². The zero-order valence-corrected chi connectivity index (χ0v) is 17.9. The summed E-state index contributed by atoms with van der Waals surface area (Å²) >= 11 is 0. The zero-order chi connectivity index (χ0) is 21.5. The summed E-state index contributed by atoms with van der Waals surface area (Å²) in [6, 6.07) is 20.9. The summed E-state index contributed by atoms with van der Waals surface area (Å²) in [5, 5.41) is 2.31. The Morgan fingerprint density at radius 2 is 1.84 bits per heavy atom. The van der Waals surface area contributed by atoms with Crippen LogP contribution in [0.3, 0.4) is 0 Å². The Kier molecular flexibility index (Phi) is 4.80. The summed E-state index contributed by atoms with van der Waals surface area (Å²) in [5.41, 5.74) is 4.41. The highest BCUT2D eigenvalue weighted by atomic mass is 16.6. The van der Waals surface area contributed by atoms with Gasteiger partial charge in [-0.1, -0.05) is 36.4 Å². The lowest BCUT2D eigenvalue weighted by atomic mass is 10.0. The van der Waals surface area contributed by atoms with Crippen molar-refractivity contribution in [3.8, 4) is 0 Å². The van der Waals surface area contributed by atoms with Gasteiger partial charge in [-0.2, -0.15) is 0 Å². The van der Waals surface area contributed by atoms with E-state index < -0.39 is 0 Å². The van der Waals surface area contributed by atoms with Crippen LogP contribution in [0.1, 0.15) is 30.2 Å². The number of H-pyrrole nitrogens is 1. The largest absolute Gasteiger partial charge is 0.439 e. The second-order valence-corrected chi connectivity index (χ2v) is 8.83. The van der Waals surface area contributed by atoms with Crippen molar-refractivity contribution < 1.29 is 9.53 Å². The first kappa shape index (κ1) is 19.3. The quantitative estimate of drug-likeness (QED) is 0.506. The Labute approximate surface area is 186 Å². The molecule has 2 aromatic heterocycles. The molecule has 4 aromatic rings. The number of rotatable bonds is 4. The van der Waals surface area contributed by atoms with Crippen LogP contribution in [-0.2, 0) is 11.3 Å². The van der Waals surface area contributed by atoms with E-state index in [0.29, 0.717) is 6.54 Å². The molecular weight excluding hydrogens is 400 g/mol. The van der Waals surface area contributed by atoms with E-state index >= 15 is 0 Å². The number of amides is 1. The summed E-state index contributed by atoms with van der Waals surface area (Å²) in [7, 11) is 0. The number of likely N-dealkylation sites (tertiary alicyclic amines) is 1. The summed E-state index contributed by atoms with van der Waals surface area (Å²) < 4.78 is 5.82. The molecule has 0 spiro atoms. The number of pyridine rings is 1. The number of piperidine rings is 1.